The average molecular weight is 300 g/mol. The second-order valence-corrected chi connectivity index (χ2v) is 4.61. The zero-order valence-corrected chi connectivity index (χ0v) is 11.3. The van der Waals surface area contributed by atoms with Crippen LogP contribution in [-0.4, -0.2) is 27.6 Å². The lowest BCUT2D eigenvalue weighted by atomic mass is 10.2. The van der Waals surface area contributed by atoms with Crippen molar-refractivity contribution in [3.05, 3.63) is 39.9 Å². The number of H-pyrrole nitrogens is 1. The minimum atomic E-state index is -0.275. The molecule has 8 heteroatoms. The Labute approximate surface area is 119 Å². The van der Waals surface area contributed by atoms with E-state index in [0.29, 0.717) is 24.4 Å². The SMILES string of the molecule is Nc1c(Cl)cc(C(=O)NCCc2ncn[nH]2)cc1Cl. The summed E-state index contributed by atoms with van der Waals surface area (Å²) in [4.78, 5) is 15.8. The van der Waals surface area contributed by atoms with Crippen molar-refractivity contribution in [1.82, 2.24) is 20.5 Å². The normalized spacial score (nSPS) is 10.4. The lowest BCUT2D eigenvalue weighted by Gasteiger charge is -2.07. The molecule has 0 saturated heterocycles. The van der Waals surface area contributed by atoms with Crippen LogP contribution in [0, 0.1) is 0 Å². The fraction of sp³-hybridized carbons (Fsp3) is 0.182. The van der Waals surface area contributed by atoms with Crippen LogP contribution in [-0.2, 0) is 6.42 Å². The van der Waals surface area contributed by atoms with Crippen LogP contribution in [0.15, 0.2) is 18.5 Å². The molecule has 0 aliphatic rings. The Morgan fingerprint density at radius 1 is 1.37 bits per heavy atom. The molecule has 0 radical (unpaired) electrons. The highest BCUT2D eigenvalue weighted by atomic mass is 35.5. The zero-order valence-electron chi connectivity index (χ0n) is 9.78. The molecular formula is C11H11Cl2N5O. The number of nitrogens with one attached hydrogen (secondary N) is 2. The molecule has 0 bridgehead atoms. The maximum absolute atomic E-state index is 11.9. The number of aromatic amines is 1. The number of carbonyl (C=O) groups is 1. The Kier molecular flexibility index (Phi) is 4.24. The molecule has 0 unspecified atom stereocenters. The highest BCUT2D eigenvalue weighted by Crippen LogP contribution is 2.28. The molecule has 2 aromatic rings. The molecular weight excluding hydrogens is 289 g/mol. The topological polar surface area (TPSA) is 96.7 Å². The molecule has 100 valence electrons. The molecule has 6 nitrogen and oxygen atoms in total. The molecule has 4 N–H and O–H groups in total. The van der Waals surface area contributed by atoms with E-state index in [-0.39, 0.29) is 21.6 Å². The van der Waals surface area contributed by atoms with Crippen molar-refractivity contribution >= 4 is 34.8 Å². The van der Waals surface area contributed by atoms with Gasteiger partial charge in [0, 0.05) is 18.5 Å². The van der Waals surface area contributed by atoms with Crippen LogP contribution < -0.4 is 11.1 Å². The van der Waals surface area contributed by atoms with E-state index in [9.17, 15) is 4.79 Å². The van der Waals surface area contributed by atoms with Gasteiger partial charge < -0.3 is 11.1 Å². The number of anilines is 1. The summed E-state index contributed by atoms with van der Waals surface area (Å²) in [5, 5.41) is 9.66. The summed E-state index contributed by atoms with van der Waals surface area (Å²) < 4.78 is 0. The minimum absolute atomic E-state index is 0.257. The van der Waals surface area contributed by atoms with E-state index in [1.807, 2.05) is 0 Å². The molecule has 0 aliphatic carbocycles. The van der Waals surface area contributed by atoms with Crippen LogP contribution in [0.5, 0.6) is 0 Å². The lowest BCUT2D eigenvalue weighted by molar-refractivity contribution is 0.0954. The second kappa shape index (κ2) is 5.90. The molecule has 1 aromatic heterocycles. The predicted molar refractivity (Wildman–Crippen MR) is 73.3 cm³/mol. The maximum Gasteiger partial charge on any atom is 0.251 e. The third-order valence-electron chi connectivity index (χ3n) is 2.45. The standard InChI is InChI=1S/C11H11Cl2N5O/c12-7-3-6(4-8(13)10(7)14)11(19)15-2-1-9-16-5-17-18-9/h3-5H,1-2,14H2,(H,15,19)(H,16,17,18). The fourth-order valence-corrected chi connectivity index (χ4v) is 1.95. The summed E-state index contributed by atoms with van der Waals surface area (Å²) in [7, 11) is 0. The summed E-state index contributed by atoms with van der Waals surface area (Å²) in [5.74, 6) is 0.428. The van der Waals surface area contributed by atoms with Gasteiger partial charge in [-0.05, 0) is 12.1 Å². The van der Waals surface area contributed by atoms with Gasteiger partial charge in [-0.1, -0.05) is 23.2 Å². The summed E-state index contributed by atoms with van der Waals surface area (Å²) in [6.45, 7) is 0.424. The van der Waals surface area contributed by atoms with Crippen molar-refractivity contribution in [2.45, 2.75) is 6.42 Å². The number of hydrogen-bond donors (Lipinski definition) is 3. The van der Waals surface area contributed by atoms with E-state index >= 15 is 0 Å². The van der Waals surface area contributed by atoms with E-state index in [1.54, 1.807) is 0 Å². The van der Waals surface area contributed by atoms with Gasteiger partial charge in [0.1, 0.15) is 12.2 Å². The van der Waals surface area contributed by atoms with Crippen LogP contribution in [0.4, 0.5) is 5.69 Å². The van der Waals surface area contributed by atoms with Gasteiger partial charge in [0.15, 0.2) is 0 Å². The van der Waals surface area contributed by atoms with E-state index in [2.05, 4.69) is 20.5 Å². The number of nitrogens with zero attached hydrogens (tertiary/aromatic N) is 2. The average Bonchev–Trinajstić information content (AvgIpc) is 2.88. The number of nitrogens with two attached hydrogens (primary N) is 1. The van der Waals surface area contributed by atoms with Crippen LogP contribution in [0.2, 0.25) is 10.0 Å². The van der Waals surface area contributed by atoms with Gasteiger partial charge in [0.25, 0.3) is 5.91 Å². The third-order valence-corrected chi connectivity index (χ3v) is 3.08. The molecule has 2 rings (SSSR count). The summed E-state index contributed by atoms with van der Waals surface area (Å²) in [5.41, 5.74) is 6.23. The molecule has 0 spiro atoms. The first kappa shape index (κ1) is 13.6. The number of aromatic nitrogens is 3. The van der Waals surface area contributed by atoms with Gasteiger partial charge >= 0.3 is 0 Å². The highest BCUT2D eigenvalue weighted by Gasteiger charge is 2.11. The number of nitrogen functional groups attached to an aromatic ring is 1. The van der Waals surface area contributed by atoms with Gasteiger partial charge in [0.2, 0.25) is 0 Å². The van der Waals surface area contributed by atoms with Gasteiger partial charge in [-0.3, -0.25) is 9.89 Å². The Bertz CT molecular complexity index is 562. The van der Waals surface area contributed by atoms with Crippen LogP contribution in [0.25, 0.3) is 0 Å². The van der Waals surface area contributed by atoms with Crippen molar-refractivity contribution in [1.29, 1.82) is 0 Å². The first-order valence-electron chi connectivity index (χ1n) is 5.45. The number of benzene rings is 1. The number of hydrogen-bond acceptors (Lipinski definition) is 4. The maximum atomic E-state index is 11.9. The highest BCUT2D eigenvalue weighted by molar-refractivity contribution is 6.39. The number of rotatable bonds is 4. The first-order chi connectivity index (χ1) is 9.08. The Balaban J connectivity index is 1.96. The monoisotopic (exact) mass is 299 g/mol. The molecule has 0 fully saturated rings. The number of halogens is 2. The van der Waals surface area contributed by atoms with E-state index < -0.39 is 0 Å². The smallest absolute Gasteiger partial charge is 0.251 e. The summed E-state index contributed by atoms with van der Waals surface area (Å²) in [6.07, 6.45) is 1.97. The predicted octanol–water partition coefficient (Wildman–Crippen LogP) is 1.67. The summed E-state index contributed by atoms with van der Waals surface area (Å²) in [6, 6.07) is 2.96. The lowest BCUT2D eigenvalue weighted by Crippen LogP contribution is -2.26. The van der Waals surface area contributed by atoms with Crippen LogP contribution >= 0.6 is 23.2 Å². The van der Waals surface area contributed by atoms with Gasteiger partial charge in [0.05, 0.1) is 15.7 Å². The van der Waals surface area contributed by atoms with E-state index in [0.717, 1.165) is 0 Å². The quantitative estimate of drug-likeness (QED) is 0.748. The van der Waals surface area contributed by atoms with Crippen molar-refractivity contribution in [2.75, 3.05) is 12.3 Å². The van der Waals surface area contributed by atoms with Gasteiger partial charge in [-0.2, -0.15) is 5.10 Å². The molecule has 0 saturated carbocycles. The Hall–Kier alpha value is -1.79. The van der Waals surface area contributed by atoms with Gasteiger partial charge in [-0.15, -0.1) is 0 Å². The molecule has 1 heterocycles. The molecule has 0 aliphatic heterocycles. The second-order valence-electron chi connectivity index (χ2n) is 3.79. The first-order valence-corrected chi connectivity index (χ1v) is 6.20. The van der Waals surface area contributed by atoms with Crippen LogP contribution in [0.1, 0.15) is 16.2 Å². The number of carbonyl (C=O) groups excluding carboxylic acids is 1. The van der Waals surface area contributed by atoms with E-state index in [4.69, 9.17) is 28.9 Å². The minimum Gasteiger partial charge on any atom is -0.396 e. The Morgan fingerprint density at radius 3 is 2.63 bits per heavy atom. The van der Waals surface area contributed by atoms with Gasteiger partial charge in [-0.25, -0.2) is 4.98 Å². The molecule has 1 amide bonds. The molecule has 19 heavy (non-hydrogen) atoms. The summed E-state index contributed by atoms with van der Waals surface area (Å²) >= 11 is 11.7. The largest absolute Gasteiger partial charge is 0.396 e. The third kappa shape index (κ3) is 3.36. The number of amides is 1. The zero-order chi connectivity index (χ0) is 13.8. The van der Waals surface area contributed by atoms with Crippen molar-refractivity contribution in [3.8, 4) is 0 Å². The van der Waals surface area contributed by atoms with E-state index in [1.165, 1.54) is 18.5 Å². The molecule has 1 aromatic carbocycles. The fourth-order valence-electron chi connectivity index (χ4n) is 1.46. The Morgan fingerprint density at radius 2 is 2.05 bits per heavy atom. The van der Waals surface area contributed by atoms with Crippen LogP contribution in [0.3, 0.4) is 0 Å². The molecule has 0 atom stereocenters. The van der Waals surface area contributed by atoms with Crippen molar-refractivity contribution < 1.29 is 4.79 Å². The van der Waals surface area contributed by atoms with Crippen molar-refractivity contribution in [3.63, 3.8) is 0 Å². The van der Waals surface area contributed by atoms with Crippen molar-refractivity contribution in [2.24, 2.45) is 0 Å².